The van der Waals surface area contributed by atoms with Crippen LogP contribution in [0, 0.1) is 6.92 Å². The van der Waals surface area contributed by atoms with Crippen LogP contribution in [0.5, 0.6) is 5.75 Å². The first-order chi connectivity index (χ1) is 16.6. The topological polar surface area (TPSA) is 96.0 Å². The Morgan fingerprint density at radius 2 is 1.77 bits per heavy atom. The van der Waals surface area contributed by atoms with Crippen LogP contribution in [-0.4, -0.2) is 57.6 Å². The summed E-state index contributed by atoms with van der Waals surface area (Å²) in [5.41, 5.74) is 2.52. The number of methoxy groups -OCH3 is 1. The molecule has 0 aliphatic carbocycles. The SMILES string of the molecule is CCNC(=O)C(CC)N(Cc1cccc(C)c1)C(=O)CCCN(c1ccc(OC)cc1)S(C)(=O)=O. The Morgan fingerprint density at radius 1 is 1.09 bits per heavy atom. The number of nitrogens with one attached hydrogen (secondary N) is 1. The third kappa shape index (κ3) is 8.28. The number of carbonyl (C=O) groups is 2. The molecular formula is C26H37N3O5S. The van der Waals surface area contributed by atoms with Gasteiger partial charge in [0.25, 0.3) is 0 Å². The number of rotatable bonds is 13. The molecule has 0 saturated heterocycles. The van der Waals surface area contributed by atoms with Crippen LogP contribution < -0.4 is 14.4 Å². The highest BCUT2D eigenvalue weighted by Gasteiger charge is 2.28. The lowest BCUT2D eigenvalue weighted by molar-refractivity contribution is -0.141. The Kier molecular flexibility index (Phi) is 10.6. The average Bonchev–Trinajstić information content (AvgIpc) is 2.81. The fourth-order valence-corrected chi connectivity index (χ4v) is 4.94. The van der Waals surface area contributed by atoms with Gasteiger partial charge in [-0.2, -0.15) is 0 Å². The minimum absolute atomic E-state index is 0.115. The summed E-state index contributed by atoms with van der Waals surface area (Å²) in [4.78, 5) is 27.7. The van der Waals surface area contributed by atoms with E-state index in [4.69, 9.17) is 4.74 Å². The predicted molar refractivity (Wildman–Crippen MR) is 139 cm³/mol. The average molecular weight is 504 g/mol. The Morgan fingerprint density at radius 3 is 2.31 bits per heavy atom. The molecule has 0 saturated carbocycles. The summed E-state index contributed by atoms with van der Waals surface area (Å²) < 4.78 is 31.3. The van der Waals surface area contributed by atoms with E-state index in [9.17, 15) is 18.0 Å². The van der Waals surface area contributed by atoms with Crippen molar-refractivity contribution in [2.75, 3.05) is 30.8 Å². The molecule has 1 N–H and O–H groups in total. The number of amides is 2. The van der Waals surface area contributed by atoms with E-state index >= 15 is 0 Å². The van der Waals surface area contributed by atoms with Crippen molar-refractivity contribution in [1.29, 1.82) is 0 Å². The molecule has 0 aliphatic heterocycles. The van der Waals surface area contributed by atoms with Gasteiger partial charge in [-0.05, 0) is 56.5 Å². The number of hydrogen-bond donors (Lipinski definition) is 1. The van der Waals surface area contributed by atoms with Gasteiger partial charge in [0, 0.05) is 26.1 Å². The smallest absolute Gasteiger partial charge is 0.242 e. The monoisotopic (exact) mass is 503 g/mol. The summed E-state index contributed by atoms with van der Waals surface area (Å²) in [5.74, 6) is 0.250. The molecule has 2 aromatic carbocycles. The van der Waals surface area contributed by atoms with Gasteiger partial charge in [0.15, 0.2) is 0 Å². The molecule has 35 heavy (non-hydrogen) atoms. The highest BCUT2D eigenvalue weighted by Crippen LogP contribution is 2.22. The molecule has 0 heterocycles. The quantitative estimate of drug-likeness (QED) is 0.451. The van der Waals surface area contributed by atoms with Crippen molar-refractivity contribution in [2.45, 2.75) is 52.6 Å². The van der Waals surface area contributed by atoms with E-state index in [1.807, 2.05) is 45.0 Å². The highest BCUT2D eigenvalue weighted by atomic mass is 32.2. The lowest BCUT2D eigenvalue weighted by Gasteiger charge is -2.31. The molecule has 0 radical (unpaired) electrons. The maximum absolute atomic E-state index is 13.4. The second-order valence-corrected chi connectivity index (χ2v) is 10.4. The van der Waals surface area contributed by atoms with Gasteiger partial charge in [-0.3, -0.25) is 13.9 Å². The van der Waals surface area contributed by atoms with E-state index in [-0.39, 0.29) is 24.8 Å². The predicted octanol–water partition coefficient (Wildman–Crippen LogP) is 3.49. The van der Waals surface area contributed by atoms with E-state index in [2.05, 4.69) is 5.32 Å². The molecule has 1 atom stereocenters. The molecule has 0 spiro atoms. The van der Waals surface area contributed by atoms with E-state index in [1.165, 1.54) is 4.31 Å². The van der Waals surface area contributed by atoms with Gasteiger partial charge in [0.1, 0.15) is 11.8 Å². The van der Waals surface area contributed by atoms with Crippen molar-refractivity contribution in [3.8, 4) is 5.75 Å². The lowest BCUT2D eigenvalue weighted by Crippen LogP contribution is -2.49. The molecule has 2 aromatic rings. The number of hydrogen-bond acceptors (Lipinski definition) is 5. The number of benzene rings is 2. The highest BCUT2D eigenvalue weighted by molar-refractivity contribution is 7.92. The third-order valence-electron chi connectivity index (χ3n) is 5.68. The summed E-state index contributed by atoms with van der Waals surface area (Å²) in [6, 6.07) is 14.0. The van der Waals surface area contributed by atoms with Crippen LogP contribution in [-0.2, 0) is 26.2 Å². The van der Waals surface area contributed by atoms with Crippen molar-refractivity contribution in [3.63, 3.8) is 0 Å². The van der Waals surface area contributed by atoms with Gasteiger partial charge < -0.3 is 15.0 Å². The molecule has 192 valence electrons. The van der Waals surface area contributed by atoms with Crippen molar-refractivity contribution in [1.82, 2.24) is 10.2 Å². The van der Waals surface area contributed by atoms with Crippen LogP contribution in [0.4, 0.5) is 5.69 Å². The maximum Gasteiger partial charge on any atom is 0.242 e. The summed E-state index contributed by atoms with van der Waals surface area (Å²) >= 11 is 0. The molecule has 8 nitrogen and oxygen atoms in total. The minimum Gasteiger partial charge on any atom is -0.497 e. The van der Waals surface area contributed by atoms with Crippen LogP contribution >= 0.6 is 0 Å². The Bertz CT molecular complexity index is 1090. The molecule has 0 fully saturated rings. The number of aryl methyl sites for hydroxylation is 1. The fourth-order valence-electron chi connectivity index (χ4n) is 3.97. The van der Waals surface area contributed by atoms with Crippen molar-refractivity contribution in [2.24, 2.45) is 0 Å². The molecule has 9 heteroatoms. The standard InChI is InChI=1S/C26H37N3O5S/c1-6-24(26(31)27-7-2)28(19-21-11-8-10-20(3)18-21)25(30)12-9-17-29(35(5,32)33)22-13-15-23(34-4)16-14-22/h8,10-11,13-16,18,24H,6-7,9,12,17,19H2,1-5H3,(H,27,31). The Balaban J connectivity index is 2.19. The fraction of sp³-hybridized carbons (Fsp3) is 0.462. The van der Waals surface area contributed by atoms with Crippen LogP contribution in [0.15, 0.2) is 48.5 Å². The van der Waals surface area contributed by atoms with Gasteiger partial charge in [-0.25, -0.2) is 8.42 Å². The van der Waals surface area contributed by atoms with Crippen LogP contribution in [0.1, 0.15) is 44.2 Å². The first-order valence-electron chi connectivity index (χ1n) is 11.8. The Labute approximate surface area is 209 Å². The van der Waals surface area contributed by atoms with E-state index in [0.29, 0.717) is 37.4 Å². The lowest BCUT2D eigenvalue weighted by atomic mass is 10.1. The minimum atomic E-state index is -3.55. The second kappa shape index (κ2) is 13.1. The van der Waals surface area contributed by atoms with E-state index in [1.54, 1.807) is 36.3 Å². The van der Waals surface area contributed by atoms with Crippen LogP contribution in [0.2, 0.25) is 0 Å². The number of likely N-dealkylation sites (N-methyl/N-ethyl adjacent to an activating group) is 1. The van der Waals surface area contributed by atoms with Crippen LogP contribution in [0.25, 0.3) is 0 Å². The summed E-state index contributed by atoms with van der Waals surface area (Å²) in [7, 11) is -2.00. The Hall–Kier alpha value is -3.07. The third-order valence-corrected chi connectivity index (χ3v) is 6.88. The van der Waals surface area contributed by atoms with Gasteiger partial charge in [-0.15, -0.1) is 0 Å². The number of carbonyl (C=O) groups excluding carboxylic acids is 2. The number of ether oxygens (including phenoxy) is 1. The van der Waals surface area contributed by atoms with Crippen molar-refractivity contribution in [3.05, 3.63) is 59.7 Å². The van der Waals surface area contributed by atoms with Gasteiger partial charge in [-0.1, -0.05) is 36.8 Å². The molecule has 0 aliphatic rings. The van der Waals surface area contributed by atoms with E-state index in [0.717, 1.165) is 17.4 Å². The van der Waals surface area contributed by atoms with Crippen molar-refractivity contribution < 1.29 is 22.7 Å². The number of sulfonamides is 1. The molecule has 2 amide bonds. The zero-order valence-corrected chi connectivity index (χ0v) is 22.1. The second-order valence-electron chi connectivity index (χ2n) is 8.47. The van der Waals surface area contributed by atoms with Gasteiger partial charge >= 0.3 is 0 Å². The zero-order valence-electron chi connectivity index (χ0n) is 21.3. The summed E-state index contributed by atoms with van der Waals surface area (Å²) in [5, 5.41) is 2.82. The molecule has 2 rings (SSSR count). The number of anilines is 1. The summed E-state index contributed by atoms with van der Waals surface area (Å²) in [6.07, 6.45) is 2.05. The normalized spacial score (nSPS) is 12.0. The maximum atomic E-state index is 13.4. The summed E-state index contributed by atoms with van der Waals surface area (Å²) in [6.45, 7) is 6.64. The zero-order chi connectivity index (χ0) is 26.0. The van der Waals surface area contributed by atoms with E-state index < -0.39 is 16.1 Å². The largest absolute Gasteiger partial charge is 0.497 e. The molecule has 0 bridgehead atoms. The molecule has 0 aromatic heterocycles. The first kappa shape index (κ1) is 28.2. The van der Waals surface area contributed by atoms with Crippen molar-refractivity contribution >= 4 is 27.5 Å². The number of nitrogens with zero attached hydrogens (tertiary/aromatic N) is 2. The van der Waals surface area contributed by atoms with Crippen LogP contribution in [0.3, 0.4) is 0 Å². The first-order valence-corrected chi connectivity index (χ1v) is 13.7. The molecule has 1 unspecified atom stereocenters. The van der Waals surface area contributed by atoms with Gasteiger partial charge in [0.05, 0.1) is 19.1 Å². The molecular weight excluding hydrogens is 466 g/mol. The van der Waals surface area contributed by atoms with Gasteiger partial charge in [0.2, 0.25) is 21.8 Å².